The van der Waals surface area contributed by atoms with Crippen LogP contribution in [0.25, 0.3) is 16.7 Å². The number of aromatic nitrogens is 2. The highest BCUT2D eigenvalue weighted by Crippen LogP contribution is 2.41. The molecule has 1 aliphatic carbocycles. The first-order valence-electron chi connectivity index (χ1n) is 9.52. The van der Waals surface area contributed by atoms with Crippen molar-refractivity contribution >= 4 is 22.9 Å². The zero-order chi connectivity index (χ0) is 22.6. The Balaban J connectivity index is 1.81. The van der Waals surface area contributed by atoms with E-state index in [1.807, 2.05) is 0 Å². The van der Waals surface area contributed by atoms with E-state index in [0.29, 0.717) is 6.07 Å². The number of hydrogen-bond acceptors (Lipinski definition) is 3. The summed E-state index contributed by atoms with van der Waals surface area (Å²) in [6.07, 6.45) is -3.32. The number of anilines is 1. The van der Waals surface area contributed by atoms with Gasteiger partial charge in [-0.25, -0.2) is 13.8 Å². The highest BCUT2D eigenvalue weighted by atomic mass is 19.4. The quantitative estimate of drug-likeness (QED) is 0.561. The molecule has 5 nitrogen and oxygen atoms in total. The number of carbonyl (C=O) groups is 1. The number of nitrogens with zero attached hydrogens (tertiary/aromatic N) is 2. The van der Waals surface area contributed by atoms with E-state index in [2.05, 4.69) is 10.3 Å². The van der Waals surface area contributed by atoms with Crippen LogP contribution in [0.1, 0.15) is 31.7 Å². The lowest BCUT2D eigenvalue weighted by Gasteiger charge is -2.22. The highest BCUT2D eigenvalue weighted by Gasteiger charge is 2.41. The Bertz CT molecular complexity index is 1150. The number of imidazole rings is 1. The number of alkyl halides is 3. The summed E-state index contributed by atoms with van der Waals surface area (Å²) in [7, 11) is 0. The number of rotatable bonds is 5. The minimum Gasteiger partial charge on any atom is -0.389 e. The third-order valence-corrected chi connectivity index (χ3v) is 5.31. The van der Waals surface area contributed by atoms with Gasteiger partial charge in [-0.05, 0) is 56.0 Å². The number of hydrogen-bond donors (Lipinski definition) is 2. The Morgan fingerprint density at radius 2 is 1.81 bits per heavy atom. The van der Waals surface area contributed by atoms with Gasteiger partial charge in [0.15, 0.2) is 0 Å². The molecule has 0 bridgehead atoms. The molecule has 1 heterocycles. The van der Waals surface area contributed by atoms with Gasteiger partial charge in [-0.1, -0.05) is 0 Å². The predicted octanol–water partition coefficient (Wildman–Crippen LogP) is 4.81. The average Bonchev–Trinajstić information content (AvgIpc) is 3.42. The second-order valence-electron chi connectivity index (χ2n) is 7.96. The molecule has 0 radical (unpaired) electrons. The maximum atomic E-state index is 13.8. The lowest BCUT2D eigenvalue weighted by atomic mass is 9.96. The lowest BCUT2D eigenvalue weighted by Crippen LogP contribution is -2.33. The second kappa shape index (κ2) is 7.30. The largest absolute Gasteiger partial charge is 0.416 e. The van der Waals surface area contributed by atoms with Crippen LogP contribution in [0.4, 0.5) is 27.9 Å². The lowest BCUT2D eigenvalue weighted by molar-refractivity contribution is -0.137. The van der Waals surface area contributed by atoms with Gasteiger partial charge in [0.2, 0.25) is 11.9 Å². The minimum atomic E-state index is -4.65. The monoisotopic (exact) mass is 439 g/mol. The van der Waals surface area contributed by atoms with Crippen molar-refractivity contribution in [3.05, 3.63) is 53.6 Å². The van der Waals surface area contributed by atoms with Crippen molar-refractivity contribution in [2.24, 2.45) is 5.92 Å². The minimum absolute atomic E-state index is 0.0104. The van der Waals surface area contributed by atoms with Crippen LogP contribution in [0, 0.1) is 17.6 Å². The van der Waals surface area contributed by atoms with Crippen molar-refractivity contribution in [1.82, 2.24) is 9.55 Å². The fourth-order valence-electron chi connectivity index (χ4n) is 3.61. The Kier molecular flexibility index (Phi) is 5.00. The number of fused-ring (bicyclic) bond motifs is 1. The molecule has 1 amide bonds. The van der Waals surface area contributed by atoms with E-state index in [1.165, 1.54) is 6.92 Å². The summed E-state index contributed by atoms with van der Waals surface area (Å²) in [6, 6.07) is 5.19. The van der Waals surface area contributed by atoms with E-state index >= 15 is 0 Å². The van der Waals surface area contributed by atoms with Crippen LogP contribution in [0.15, 0.2) is 36.4 Å². The summed E-state index contributed by atoms with van der Waals surface area (Å²) in [6.45, 7) is 1.53. The Morgan fingerprint density at radius 3 is 2.39 bits per heavy atom. The van der Waals surface area contributed by atoms with Gasteiger partial charge in [-0.3, -0.25) is 14.7 Å². The molecule has 10 heteroatoms. The summed E-state index contributed by atoms with van der Waals surface area (Å²) >= 11 is 0. The number of nitrogens with one attached hydrogen (secondary N) is 1. The van der Waals surface area contributed by atoms with Crippen molar-refractivity contribution in [2.75, 3.05) is 5.32 Å². The van der Waals surface area contributed by atoms with Crippen LogP contribution in [-0.2, 0) is 11.0 Å². The van der Waals surface area contributed by atoms with Crippen LogP contribution >= 0.6 is 0 Å². The summed E-state index contributed by atoms with van der Waals surface area (Å²) in [5, 5.41) is 12.9. The first-order chi connectivity index (χ1) is 14.4. The van der Waals surface area contributed by atoms with E-state index in [4.69, 9.17) is 0 Å². The number of carbonyl (C=O) groups excluding carboxylic acids is 1. The van der Waals surface area contributed by atoms with Gasteiger partial charge in [0.1, 0.15) is 11.6 Å². The molecule has 1 atom stereocenters. The van der Waals surface area contributed by atoms with Gasteiger partial charge in [-0.2, -0.15) is 13.2 Å². The van der Waals surface area contributed by atoms with Gasteiger partial charge >= 0.3 is 6.18 Å². The first-order valence-corrected chi connectivity index (χ1v) is 9.52. The summed E-state index contributed by atoms with van der Waals surface area (Å²) in [5.41, 5.74) is -2.38. The van der Waals surface area contributed by atoms with E-state index in [1.54, 1.807) is 0 Å². The molecule has 0 spiro atoms. The maximum Gasteiger partial charge on any atom is 0.416 e. The topological polar surface area (TPSA) is 67.2 Å². The summed E-state index contributed by atoms with van der Waals surface area (Å²) in [4.78, 5) is 16.7. The molecule has 2 N–H and O–H groups in total. The van der Waals surface area contributed by atoms with Crippen LogP contribution in [-0.4, -0.2) is 26.2 Å². The number of benzene rings is 2. The van der Waals surface area contributed by atoms with Gasteiger partial charge in [0.05, 0.1) is 34.3 Å². The number of amides is 1. The van der Waals surface area contributed by atoms with E-state index in [-0.39, 0.29) is 35.0 Å². The first kappa shape index (κ1) is 21.2. The third-order valence-electron chi connectivity index (χ3n) is 5.31. The van der Waals surface area contributed by atoms with E-state index < -0.39 is 34.9 Å². The van der Waals surface area contributed by atoms with Gasteiger partial charge in [0.25, 0.3) is 0 Å². The van der Waals surface area contributed by atoms with Gasteiger partial charge in [-0.15, -0.1) is 0 Å². The Hall–Kier alpha value is -3.01. The maximum absolute atomic E-state index is 13.8. The van der Waals surface area contributed by atoms with Crippen molar-refractivity contribution < 1.29 is 31.9 Å². The van der Waals surface area contributed by atoms with E-state index in [0.717, 1.165) is 47.7 Å². The normalized spacial score (nSPS) is 16.4. The Morgan fingerprint density at radius 1 is 1.16 bits per heavy atom. The van der Waals surface area contributed by atoms with Crippen LogP contribution in [0.5, 0.6) is 0 Å². The predicted molar refractivity (Wildman–Crippen MR) is 103 cm³/mol. The molecule has 3 aromatic rings. The summed E-state index contributed by atoms with van der Waals surface area (Å²) < 4.78 is 68.3. The average molecular weight is 439 g/mol. The SMILES string of the molecule is CC(O)(CC(=O)Nc1nc2ccc(C(F)(F)F)cc2n1-c1cc(F)cc(F)c1)C1CC1. The third kappa shape index (κ3) is 4.39. The van der Waals surface area contributed by atoms with Crippen molar-refractivity contribution in [1.29, 1.82) is 0 Å². The van der Waals surface area contributed by atoms with Crippen LogP contribution in [0.2, 0.25) is 0 Å². The van der Waals surface area contributed by atoms with Crippen LogP contribution in [0.3, 0.4) is 0 Å². The van der Waals surface area contributed by atoms with Gasteiger partial charge in [0, 0.05) is 6.07 Å². The van der Waals surface area contributed by atoms with Crippen molar-refractivity contribution in [2.45, 2.75) is 38.0 Å². The highest BCUT2D eigenvalue weighted by molar-refractivity contribution is 5.93. The molecule has 1 fully saturated rings. The van der Waals surface area contributed by atoms with Crippen molar-refractivity contribution in [3.63, 3.8) is 0 Å². The molecule has 31 heavy (non-hydrogen) atoms. The molecule has 1 unspecified atom stereocenters. The number of halogens is 5. The molecule has 4 rings (SSSR count). The second-order valence-corrected chi connectivity index (χ2v) is 7.96. The molecule has 1 aromatic heterocycles. The van der Waals surface area contributed by atoms with Gasteiger partial charge < -0.3 is 5.11 Å². The molecule has 1 aliphatic rings. The smallest absolute Gasteiger partial charge is 0.389 e. The Labute approximate surface area is 173 Å². The molecule has 2 aromatic carbocycles. The number of aliphatic hydroxyl groups is 1. The molecule has 0 aliphatic heterocycles. The van der Waals surface area contributed by atoms with E-state index in [9.17, 15) is 31.9 Å². The summed E-state index contributed by atoms with van der Waals surface area (Å²) in [5.74, 6) is -2.74. The molecular formula is C21H18F5N3O2. The zero-order valence-electron chi connectivity index (χ0n) is 16.3. The van der Waals surface area contributed by atoms with Crippen LogP contribution < -0.4 is 5.32 Å². The molecular weight excluding hydrogens is 421 g/mol. The molecule has 0 saturated heterocycles. The fraction of sp³-hybridized carbons (Fsp3) is 0.333. The zero-order valence-corrected chi connectivity index (χ0v) is 16.3. The fourth-order valence-corrected chi connectivity index (χ4v) is 3.61. The standard InChI is InChI=1S/C21H18F5N3O2/c1-20(31,11-2-3-11)10-18(30)28-19-27-16-5-4-12(21(24,25)26)6-17(16)29(19)15-8-13(22)7-14(23)9-15/h4-9,11,31H,2-3,10H2,1H3,(H,27,28,30). The molecule has 164 valence electrons. The molecule has 1 saturated carbocycles. The van der Waals surface area contributed by atoms with Crippen molar-refractivity contribution in [3.8, 4) is 5.69 Å².